The van der Waals surface area contributed by atoms with Crippen molar-refractivity contribution in [1.29, 1.82) is 0 Å². The van der Waals surface area contributed by atoms with E-state index in [1.165, 1.54) is 18.1 Å². The average Bonchev–Trinajstić information content (AvgIpc) is 2.04. The van der Waals surface area contributed by atoms with Gasteiger partial charge in [-0.15, -0.1) is 0 Å². The molecule has 0 atom stereocenters. The van der Waals surface area contributed by atoms with Gasteiger partial charge < -0.3 is 0 Å². The summed E-state index contributed by atoms with van der Waals surface area (Å²) < 4.78 is 0. The molecule has 0 aliphatic heterocycles. The van der Waals surface area contributed by atoms with Crippen LogP contribution in [0.15, 0.2) is 0 Å². The van der Waals surface area contributed by atoms with Crippen molar-refractivity contribution >= 4 is 14.1 Å². The van der Waals surface area contributed by atoms with Crippen molar-refractivity contribution in [3.63, 3.8) is 0 Å². The van der Waals surface area contributed by atoms with Crippen LogP contribution in [0.3, 0.4) is 0 Å². The fourth-order valence-electron chi connectivity index (χ4n) is 1.69. The molecule has 0 fully saturated rings. The molecule has 0 nitrogen and oxygen atoms in total. The molecule has 0 saturated carbocycles. The van der Waals surface area contributed by atoms with Crippen LogP contribution in [0.1, 0.15) is 47.5 Å². The molecule has 0 rings (SSSR count). The SMILES string of the molecule is C[CH2][Al]([CH2]CC(C)C)[CH2]CC(C)C. The van der Waals surface area contributed by atoms with Gasteiger partial charge in [0.2, 0.25) is 0 Å². The zero-order chi connectivity index (χ0) is 10.3. The zero-order valence-corrected chi connectivity index (χ0v) is 11.4. The quantitative estimate of drug-likeness (QED) is 0.525. The van der Waals surface area contributed by atoms with Crippen molar-refractivity contribution in [3.8, 4) is 0 Å². The molecule has 13 heavy (non-hydrogen) atoms. The molecule has 0 aromatic rings. The van der Waals surface area contributed by atoms with Gasteiger partial charge in [-0.1, -0.05) is 63.3 Å². The van der Waals surface area contributed by atoms with Gasteiger partial charge in [-0.05, 0) is 11.8 Å². The Morgan fingerprint density at radius 1 is 0.846 bits per heavy atom. The van der Waals surface area contributed by atoms with Crippen LogP contribution in [0.2, 0.25) is 15.8 Å². The van der Waals surface area contributed by atoms with E-state index in [-0.39, 0.29) is 14.1 Å². The van der Waals surface area contributed by atoms with E-state index in [1.54, 1.807) is 10.6 Å². The van der Waals surface area contributed by atoms with Crippen LogP contribution >= 0.6 is 0 Å². The summed E-state index contributed by atoms with van der Waals surface area (Å²) in [7, 11) is 0. The lowest BCUT2D eigenvalue weighted by Crippen LogP contribution is -2.12. The van der Waals surface area contributed by atoms with E-state index in [2.05, 4.69) is 34.6 Å². The second-order valence-electron chi connectivity index (χ2n) is 5.22. The first-order valence-corrected chi connectivity index (χ1v) is 8.51. The van der Waals surface area contributed by atoms with Crippen molar-refractivity contribution in [1.82, 2.24) is 0 Å². The summed E-state index contributed by atoms with van der Waals surface area (Å²) in [4.78, 5) is 0. The molecule has 0 radical (unpaired) electrons. The Balaban J connectivity index is 3.51. The first-order chi connectivity index (χ1) is 6.06. The lowest BCUT2D eigenvalue weighted by Gasteiger charge is -2.12. The van der Waals surface area contributed by atoms with Gasteiger partial charge in [-0.2, -0.15) is 0 Å². The minimum atomic E-state index is -0.325. The fourth-order valence-corrected chi connectivity index (χ4v) is 5.07. The molecule has 0 saturated heterocycles. The predicted molar refractivity (Wildman–Crippen MR) is 64.8 cm³/mol. The summed E-state index contributed by atoms with van der Waals surface area (Å²) in [6, 6.07) is 0. The van der Waals surface area contributed by atoms with Crippen molar-refractivity contribution in [2.24, 2.45) is 11.8 Å². The molecular formula is C12H27Al. The van der Waals surface area contributed by atoms with Gasteiger partial charge in [0, 0.05) is 0 Å². The highest BCUT2D eigenvalue weighted by Crippen LogP contribution is 2.17. The van der Waals surface area contributed by atoms with Crippen LogP contribution in [-0.2, 0) is 0 Å². The molecule has 0 aromatic carbocycles. The molecule has 78 valence electrons. The largest absolute Gasteiger partial charge is 0.261 e. The van der Waals surface area contributed by atoms with Crippen LogP contribution in [0, 0.1) is 11.8 Å². The maximum Gasteiger partial charge on any atom is 0.261 e. The van der Waals surface area contributed by atoms with Gasteiger partial charge >= 0.3 is 0 Å². The van der Waals surface area contributed by atoms with Gasteiger partial charge in [0.15, 0.2) is 0 Å². The Morgan fingerprint density at radius 3 is 1.46 bits per heavy atom. The molecule has 0 amide bonds. The summed E-state index contributed by atoms with van der Waals surface area (Å²) in [6.07, 6.45) is 2.95. The summed E-state index contributed by atoms with van der Waals surface area (Å²) in [6.45, 7) is 11.8. The number of hydrogen-bond donors (Lipinski definition) is 0. The molecule has 1 heteroatoms. The van der Waals surface area contributed by atoms with Crippen LogP contribution in [0.25, 0.3) is 0 Å². The van der Waals surface area contributed by atoms with Crippen molar-refractivity contribution in [2.45, 2.75) is 63.3 Å². The first kappa shape index (κ1) is 13.5. The van der Waals surface area contributed by atoms with Crippen LogP contribution in [0.5, 0.6) is 0 Å². The van der Waals surface area contributed by atoms with E-state index in [1.807, 2.05) is 0 Å². The monoisotopic (exact) mass is 198 g/mol. The van der Waals surface area contributed by atoms with E-state index in [0.29, 0.717) is 0 Å². The van der Waals surface area contributed by atoms with Gasteiger partial charge in [0.25, 0.3) is 14.1 Å². The maximum atomic E-state index is 2.40. The Hall–Kier alpha value is 0.532. The van der Waals surface area contributed by atoms with Gasteiger partial charge in [-0.25, -0.2) is 0 Å². The smallest absolute Gasteiger partial charge is 0.0967 e. The molecule has 0 unspecified atom stereocenters. The third-order valence-electron chi connectivity index (χ3n) is 2.88. The first-order valence-electron chi connectivity index (χ1n) is 6.06. The highest BCUT2D eigenvalue weighted by Gasteiger charge is 2.14. The van der Waals surface area contributed by atoms with Gasteiger partial charge in [0.1, 0.15) is 0 Å². The second-order valence-corrected chi connectivity index (χ2v) is 8.92. The average molecular weight is 198 g/mol. The number of hydrogen-bond acceptors (Lipinski definition) is 0. The molecule has 0 N–H and O–H groups in total. The third kappa shape index (κ3) is 8.85. The Morgan fingerprint density at radius 2 is 1.23 bits per heavy atom. The summed E-state index contributed by atoms with van der Waals surface area (Å²) >= 11 is -0.325. The van der Waals surface area contributed by atoms with Crippen molar-refractivity contribution < 1.29 is 0 Å². The predicted octanol–water partition coefficient (Wildman–Crippen LogP) is 4.59. The highest BCUT2D eigenvalue weighted by atomic mass is 27.2. The Kier molecular flexibility index (Phi) is 8.22. The van der Waals surface area contributed by atoms with Gasteiger partial charge in [0.05, 0.1) is 0 Å². The Bertz CT molecular complexity index is 95.7. The lowest BCUT2D eigenvalue weighted by atomic mass is 10.2. The molecule has 0 aliphatic carbocycles. The summed E-state index contributed by atoms with van der Waals surface area (Å²) in [5, 5.41) is 4.68. The molecule has 0 aliphatic rings. The molecular weight excluding hydrogens is 171 g/mol. The summed E-state index contributed by atoms with van der Waals surface area (Å²) in [5.41, 5.74) is 0. The summed E-state index contributed by atoms with van der Waals surface area (Å²) in [5.74, 6) is 1.83. The number of rotatable bonds is 7. The topological polar surface area (TPSA) is 0 Å². The molecule has 0 heterocycles. The highest BCUT2D eigenvalue weighted by molar-refractivity contribution is 6.58. The minimum Gasteiger partial charge on any atom is -0.0967 e. The standard InChI is InChI=1S/2C5H11.C2H5.Al/c2*1-4-5(2)3;1-2;/h2*5H,1,4H2,2-3H3;1H2,2H3;. The minimum absolute atomic E-state index is 0.325. The van der Waals surface area contributed by atoms with Crippen LogP contribution in [0.4, 0.5) is 0 Å². The van der Waals surface area contributed by atoms with E-state index in [9.17, 15) is 0 Å². The normalized spacial score (nSPS) is 11.3. The molecule has 0 spiro atoms. The van der Waals surface area contributed by atoms with E-state index < -0.39 is 0 Å². The molecule has 0 bridgehead atoms. The van der Waals surface area contributed by atoms with Crippen molar-refractivity contribution in [3.05, 3.63) is 0 Å². The van der Waals surface area contributed by atoms with E-state index in [4.69, 9.17) is 0 Å². The van der Waals surface area contributed by atoms with Crippen LogP contribution in [-0.4, -0.2) is 14.1 Å². The second kappa shape index (κ2) is 7.89. The Labute approximate surface area is 89.5 Å². The maximum absolute atomic E-state index is 2.40. The van der Waals surface area contributed by atoms with Crippen molar-refractivity contribution in [2.75, 3.05) is 0 Å². The van der Waals surface area contributed by atoms with Crippen LogP contribution < -0.4 is 0 Å². The fraction of sp³-hybridized carbons (Fsp3) is 1.00. The van der Waals surface area contributed by atoms with E-state index >= 15 is 0 Å². The lowest BCUT2D eigenvalue weighted by molar-refractivity contribution is 0.606. The van der Waals surface area contributed by atoms with E-state index in [0.717, 1.165) is 11.8 Å². The van der Waals surface area contributed by atoms with Gasteiger partial charge in [-0.3, -0.25) is 0 Å². The molecule has 0 aromatic heterocycles. The zero-order valence-electron chi connectivity index (χ0n) is 10.3. The third-order valence-corrected chi connectivity index (χ3v) is 6.34.